The highest BCUT2D eigenvalue weighted by Crippen LogP contribution is 2.05. The van der Waals surface area contributed by atoms with Crippen molar-refractivity contribution in [3.63, 3.8) is 0 Å². The second-order valence-corrected chi connectivity index (χ2v) is 3.01. The minimum absolute atomic E-state index is 0.259. The zero-order chi connectivity index (χ0) is 7.56. The lowest BCUT2D eigenvalue weighted by Gasteiger charge is -2.09. The number of carbonyl (C=O) groups excluding carboxylic acids is 1. The zero-order valence-corrected chi connectivity index (χ0v) is 6.69. The van der Waals surface area contributed by atoms with Crippen LogP contribution >= 0.6 is 11.6 Å². The van der Waals surface area contributed by atoms with E-state index in [0.29, 0.717) is 0 Å². The molecule has 1 atom stereocenters. The number of hydrogen-bond acceptors (Lipinski definition) is 2. The van der Waals surface area contributed by atoms with Gasteiger partial charge in [-0.05, 0) is 31.6 Å². The maximum Gasteiger partial charge on any atom is 0.314 e. The Balaban J connectivity index is 2.24. The van der Waals surface area contributed by atoms with E-state index in [1.54, 1.807) is 0 Å². The third-order valence-corrected chi connectivity index (χ3v) is 1.82. The van der Waals surface area contributed by atoms with Crippen LogP contribution in [0.2, 0.25) is 0 Å². The lowest BCUT2D eigenvalue weighted by atomic mass is 10.3. The van der Waals surface area contributed by atoms with Gasteiger partial charge in [0.2, 0.25) is 0 Å². The fourth-order valence-electron chi connectivity index (χ4n) is 1.21. The Hall–Kier alpha value is -0.280. The number of halogens is 1. The van der Waals surface area contributed by atoms with Crippen molar-refractivity contribution in [1.29, 1.82) is 0 Å². The molecule has 0 spiro atoms. The summed E-state index contributed by atoms with van der Waals surface area (Å²) in [6, 6.07) is 0.259. The largest absolute Gasteiger partial charge is 0.339 e. The predicted octanol–water partition coefficient (Wildman–Crippen LogP) is 0.639. The molecule has 58 valence electrons. The van der Waals surface area contributed by atoms with Crippen LogP contribution in [0.15, 0.2) is 0 Å². The first-order valence-corrected chi connectivity index (χ1v) is 3.71. The van der Waals surface area contributed by atoms with Gasteiger partial charge in [-0.15, -0.1) is 0 Å². The Labute approximate surface area is 65.3 Å². The molecule has 0 aromatic carbocycles. The molecular weight excluding hydrogens is 152 g/mol. The topological polar surface area (TPSA) is 32.3 Å². The average molecular weight is 163 g/mol. The standard InChI is InChI=1S/C6H11ClN2O/c1-9-3-2-5(4-9)8-6(7)10/h5H,2-4H2,1H3,(H,8,10). The van der Waals surface area contributed by atoms with E-state index in [1.807, 2.05) is 7.05 Å². The number of carbonyl (C=O) groups is 1. The van der Waals surface area contributed by atoms with Gasteiger partial charge in [-0.1, -0.05) is 0 Å². The van der Waals surface area contributed by atoms with Crippen LogP contribution in [0.4, 0.5) is 4.79 Å². The number of amides is 1. The van der Waals surface area contributed by atoms with Crippen molar-refractivity contribution in [3.8, 4) is 0 Å². The maximum absolute atomic E-state index is 10.3. The van der Waals surface area contributed by atoms with E-state index in [4.69, 9.17) is 11.6 Å². The summed E-state index contributed by atoms with van der Waals surface area (Å²) >= 11 is 5.14. The van der Waals surface area contributed by atoms with Gasteiger partial charge >= 0.3 is 5.37 Å². The highest BCUT2D eigenvalue weighted by atomic mass is 35.5. The molecule has 1 saturated heterocycles. The molecule has 1 fully saturated rings. The molecule has 1 rings (SSSR count). The zero-order valence-electron chi connectivity index (χ0n) is 5.93. The predicted molar refractivity (Wildman–Crippen MR) is 40.3 cm³/mol. The molecule has 1 aliphatic heterocycles. The molecule has 1 N–H and O–H groups in total. The number of hydrogen-bond donors (Lipinski definition) is 1. The molecule has 3 nitrogen and oxygen atoms in total. The number of likely N-dealkylation sites (tertiary alicyclic amines) is 1. The lowest BCUT2D eigenvalue weighted by Crippen LogP contribution is -2.32. The van der Waals surface area contributed by atoms with Gasteiger partial charge < -0.3 is 10.2 Å². The van der Waals surface area contributed by atoms with Gasteiger partial charge in [0.25, 0.3) is 0 Å². The van der Waals surface area contributed by atoms with Gasteiger partial charge in [0, 0.05) is 12.6 Å². The molecule has 1 aliphatic rings. The summed E-state index contributed by atoms with van der Waals surface area (Å²) in [7, 11) is 2.03. The molecule has 0 saturated carbocycles. The first-order chi connectivity index (χ1) is 4.68. The van der Waals surface area contributed by atoms with Gasteiger partial charge in [0.15, 0.2) is 0 Å². The van der Waals surface area contributed by atoms with Crippen LogP contribution in [0.3, 0.4) is 0 Å². The van der Waals surface area contributed by atoms with E-state index >= 15 is 0 Å². The average Bonchev–Trinajstić information content (AvgIpc) is 2.13. The van der Waals surface area contributed by atoms with Crippen LogP contribution in [0.25, 0.3) is 0 Å². The van der Waals surface area contributed by atoms with Crippen molar-refractivity contribution in [3.05, 3.63) is 0 Å². The van der Waals surface area contributed by atoms with Crippen molar-refractivity contribution in [2.24, 2.45) is 0 Å². The fraction of sp³-hybridized carbons (Fsp3) is 0.833. The molecule has 1 amide bonds. The molecule has 1 unspecified atom stereocenters. The highest BCUT2D eigenvalue weighted by molar-refractivity contribution is 6.62. The van der Waals surface area contributed by atoms with Gasteiger partial charge in [0.1, 0.15) is 0 Å². The van der Waals surface area contributed by atoms with Gasteiger partial charge in [-0.25, -0.2) is 0 Å². The molecule has 0 aromatic rings. The minimum atomic E-state index is -0.444. The molecule has 10 heavy (non-hydrogen) atoms. The van der Waals surface area contributed by atoms with E-state index in [2.05, 4.69) is 10.2 Å². The molecule has 0 aliphatic carbocycles. The maximum atomic E-state index is 10.3. The Morgan fingerprint density at radius 1 is 1.80 bits per heavy atom. The van der Waals surface area contributed by atoms with Crippen LogP contribution in [-0.2, 0) is 0 Å². The van der Waals surface area contributed by atoms with Crippen molar-refractivity contribution >= 4 is 17.0 Å². The summed E-state index contributed by atoms with van der Waals surface area (Å²) in [5.41, 5.74) is 0. The van der Waals surface area contributed by atoms with Crippen molar-refractivity contribution < 1.29 is 4.79 Å². The number of nitrogens with one attached hydrogen (secondary N) is 1. The third-order valence-electron chi connectivity index (χ3n) is 1.71. The monoisotopic (exact) mass is 162 g/mol. The summed E-state index contributed by atoms with van der Waals surface area (Å²) in [6.07, 6.45) is 1.01. The van der Waals surface area contributed by atoms with E-state index in [-0.39, 0.29) is 6.04 Å². The Bertz CT molecular complexity index is 140. The molecule has 0 aromatic heterocycles. The summed E-state index contributed by atoms with van der Waals surface area (Å²) in [4.78, 5) is 12.5. The highest BCUT2D eigenvalue weighted by Gasteiger charge is 2.19. The van der Waals surface area contributed by atoms with Gasteiger partial charge in [-0.3, -0.25) is 4.79 Å². The Kier molecular flexibility index (Phi) is 2.51. The van der Waals surface area contributed by atoms with Crippen molar-refractivity contribution in [1.82, 2.24) is 10.2 Å². The minimum Gasteiger partial charge on any atom is -0.339 e. The molecule has 0 radical (unpaired) electrons. The van der Waals surface area contributed by atoms with E-state index in [9.17, 15) is 4.79 Å². The molecule has 0 bridgehead atoms. The molecule has 4 heteroatoms. The smallest absolute Gasteiger partial charge is 0.314 e. The first kappa shape index (κ1) is 7.82. The number of nitrogens with zero attached hydrogens (tertiary/aromatic N) is 1. The first-order valence-electron chi connectivity index (χ1n) is 3.33. The summed E-state index contributed by atoms with van der Waals surface area (Å²) < 4.78 is 0. The fourth-order valence-corrected chi connectivity index (χ4v) is 1.37. The van der Waals surface area contributed by atoms with Crippen LogP contribution in [-0.4, -0.2) is 36.4 Å². The third kappa shape index (κ3) is 2.15. The second kappa shape index (κ2) is 3.21. The van der Waals surface area contributed by atoms with Crippen LogP contribution in [0, 0.1) is 0 Å². The second-order valence-electron chi connectivity index (χ2n) is 2.67. The summed E-state index contributed by atoms with van der Waals surface area (Å²) in [6.45, 7) is 1.96. The normalized spacial score (nSPS) is 26.8. The Morgan fingerprint density at radius 2 is 2.50 bits per heavy atom. The summed E-state index contributed by atoms with van der Waals surface area (Å²) in [5.74, 6) is 0. The van der Waals surface area contributed by atoms with Gasteiger partial charge in [-0.2, -0.15) is 0 Å². The molecule has 1 heterocycles. The van der Waals surface area contributed by atoms with Crippen LogP contribution in [0.1, 0.15) is 6.42 Å². The quantitative estimate of drug-likeness (QED) is 0.454. The summed E-state index contributed by atoms with van der Waals surface area (Å²) in [5, 5.41) is 2.21. The van der Waals surface area contributed by atoms with Gasteiger partial charge in [0.05, 0.1) is 0 Å². The van der Waals surface area contributed by atoms with Crippen LogP contribution < -0.4 is 5.32 Å². The number of rotatable bonds is 1. The van der Waals surface area contributed by atoms with Crippen molar-refractivity contribution in [2.45, 2.75) is 12.5 Å². The van der Waals surface area contributed by atoms with Crippen LogP contribution in [0.5, 0.6) is 0 Å². The van der Waals surface area contributed by atoms with Crippen molar-refractivity contribution in [2.75, 3.05) is 20.1 Å². The number of likely N-dealkylation sites (N-methyl/N-ethyl adjacent to an activating group) is 1. The SMILES string of the molecule is CN1CCC(NC(=O)Cl)C1. The lowest BCUT2D eigenvalue weighted by molar-refractivity contribution is 0.256. The van der Waals surface area contributed by atoms with E-state index in [1.165, 1.54) is 0 Å². The Morgan fingerprint density at radius 3 is 2.90 bits per heavy atom. The molecular formula is C6H11ClN2O. The van der Waals surface area contributed by atoms with E-state index < -0.39 is 5.37 Å². The van der Waals surface area contributed by atoms with E-state index in [0.717, 1.165) is 19.5 Å².